The van der Waals surface area contributed by atoms with E-state index in [4.69, 9.17) is 0 Å². The summed E-state index contributed by atoms with van der Waals surface area (Å²) in [6, 6.07) is 0.472. The molecule has 6 nitrogen and oxygen atoms in total. The average molecular weight is 289 g/mol. The van der Waals surface area contributed by atoms with E-state index in [0.717, 1.165) is 31.5 Å². The molecule has 0 aliphatic heterocycles. The SMILES string of the molecule is O=C(Nc1nc(C2CC2)ns1)c1cnn(C2CCC2)c1. The first-order chi connectivity index (χ1) is 9.79. The Morgan fingerprint density at radius 2 is 2.20 bits per heavy atom. The lowest BCUT2D eigenvalue weighted by Gasteiger charge is -2.25. The molecule has 1 amide bonds. The summed E-state index contributed by atoms with van der Waals surface area (Å²) in [7, 11) is 0. The Morgan fingerprint density at radius 3 is 2.90 bits per heavy atom. The molecule has 20 heavy (non-hydrogen) atoms. The van der Waals surface area contributed by atoms with Crippen molar-refractivity contribution in [3.63, 3.8) is 0 Å². The zero-order chi connectivity index (χ0) is 13.5. The van der Waals surface area contributed by atoms with Gasteiger partial charge in [0, 0.05) is 23.6 Å². The van der Waals surface area contributed by atoms with Gasteiger partial charge in [-0.15, -0.1) is 0 Å². The molecular formula is C13H15N5OS. The number of nitrogens with zero attached hydrogens (tertiary/aromatic N) is 4. The zero-order valence-corrected chi connectivity index (χ0v) is 11.8. The van der Waals surface area contributed by atoms with Crippen molar-refractivity contribution in [2.45, 2.75) is 44.1 Å². The van der Waals surface area contributed by atoms with Crippen molar-refractivity contribution in [1.82, 2.24) is 19.1 Å². The van der Waals surface area contributed by atoms with E-state index >= 15 is 0 Å². The second-order valence-electron chi connectivity index (χ2n) is 5.48. The first-order valence-corrected chi connectivity index (χ1v) is 7.76. The molecule has 0 aromatic carbocycles. The molecular weight excluding hydrogens is 274 g/mol. The second-order valence-corrected chi connectivity index (χ2v) is 6.23. The minimum atomic E-state index is -0.158. The average Bonchev–Trinajstić information content (AvgIpc) is 2.93. The van der Waals surface area contributed by atoms with Gasteiger partial charge < -0.3 is 0 Å². The summed E-state index contributed by atoms with van der Waals surface area (Å²) in [6.07, 6.45) is 9.34. The Labute approximate surface area is 120 Å². The summed E-state index contributed by atoms with van der Waals surface area (Å²) in [5, 5.41) is 7.65. The number of amides is 1. The second kappa shape index (κ2) is 4.66. The van der Waals surface area contributed by atoms with Gasteiger partial charge in [0.05, 0.1) is 17.8 Å². The van der Waals surface area contributed by atoms with Gasteiger partial charge in [0.25, 0.3) is 5.91 Å². The molecule has 7 heteroatoms. The molecule has 2 heterocycles. The number of carbonyl (C=O) groups is 1. The minimum Gasteiger partial charge on any atom is -0.296 e. The summed E-state index contributed by atoms with van der Waals surface area (Å²) in [6.45, 7) is 0. The van der Waals surface area contributed by atoms with Gasteiger partial charge in [0.1, 0.15) is 5.82 Å². The van der Waals surface area contributed by atoms with Gasteiger partial charge in [0.2, 0.25) is 5.13 Å². The van der Waals surface area contributed by atoms with Crippen LogP contribution in [0.5, 0.6) is 0 Å². The van der Waals surface area contributed by atoms with Crippen molar-refractivity contribution in [3.05, 3.63) is 23.8 Å². The van der Waals surface area contributed by atoms with Crippen molar-refractivity contribution >= 4 is 22.6 Å². The number of carbonyl (C=O) groups excluding carboxylic acids is 1. The molecule has 4 rings (SSSR count). The van der Waals surface area contributed by atoms with Crippen LogP contribution in [0.3, 0.4) is 0 Å². The van der Waals surface area contributed by atoms with Crippen LogP contribution in [-0.4, -0.2) is 25.0 Å². The molecule has 1 N–H and O–H groups in total. The third kappa shape index (κ3) is 2.22. The quantitative estimate of drug-likeness (QED) is 0.939. The number of hydrogen-bond donors (Lipinski definition) is 1. The Balaban J connectivity index is 1.44. The highest BCUT2D eigenvalue weighted by Gasteiger charge is 2.28. The molecule has 0 bridgehead atoms. The summed E-state index contributed by atoms with van der Waals surface area (Å²) in [5.74, 6) is 1.22. The molecule has 0 saturated heterocycles. The molecule has 2 aromatic rings. The molecule has 0 atom stereocenters. The lowest BCUT2D eigenvalue weighted by Crippen LogP contribution is -2.17. The van der Waals surface area contributed by atoms with Gasteiger partial charge in [-0.3, -0.25) is 14.8 Å². The first-order valence-electron chi connectivity index (χ1n) is 6.99. The van der Waals surface area contributed by atoms with Gasteiger partial charge in [-0.1, -0.05) is 0 Å². The van der Waals surface area contributed by atoms with E-state index in [0.29, 0.717) is 22.7 Å². The van der Waals surface area contributed by atoms with E-state index in [-0.39, 0.29) is 5.91 Å². The van der Waals surface area contributed by atoms with Crippen molar-refractivity contribution in [2.24, 2.45) is 0 Å². The van der Waals surface area contributed by atoms with Gasteiger partial charge >= 0.3 is 0 Å². The fraction of sp³-hybridized carbons (Fsp3) is 0.538. The van der Waals surface area contributed by atoms with Crippen LogP contribution in [-0.2, 0) is 0 Å². The maximum Gasteiger partial charge on any atom is 0.260 e. The van der Waals surface area contributed by atoms with E-state index in [1.54, 1.807) is 6.20 Å². The molecule has 2 fully saturated rings. The van der Waals surface area contributed by atoms with Crippen LogP contribution in [0.4, 0.5) is 5.13 Å². The van der Waals surface area contributed by atoms with Crippen LogP contribution in [0, 0.1) is 0 Å². The fourth-order valence-electron chi connectivity index (χ4n) is 2.27. The standard InChI is InChI=1S/C13H15N5OS/c19-12(9-6-14-18(7-9)10-2-1-3-10)16-13-15-11(17-20-13)8-4-5-8/h6-8,10H,1-5H2,(H,15,16,17,19). The minimum absolute atomic E-state index is 0.158. The highest BCUT2D eigenvalue weighted by Crippen LogP contribution is 2.39. The molecule has 0 radical (unpaired) electrons. The normalized spacial score (nSPS) is 18.8. The Morgan fingerprint density at radius 1 is 1.35 bits per heavy atom. The summed E-state index contributed by atoms with van der Waals surface area (Å²) in [4.78, 5) is 16.5. The molecule has 0 spiro atoms. The van der Waals surface area contributed by atoms with E-state index in [2.05, 4.69) is 19.8 Å². The van der Waals surface area contributed by atoms with Crippen molar-refractivity contribution in [2.75, 3.05) is 5.32 Å². The number of anilines is 1. The van der Waals surface area contributed by atoms with Crippen LogP contribution in [0.25, 0.3) is 0 Å². The lowest BCUT2D eigenvalue weighted by molar-refractivity contribution is 0.102. The third-order valence-electron chi connectivity index (χ3n) is 3.92. The largest absolute Gasteiger partial charge is 0.296 e. The van der Waals surface area contributed by atoms with E-state index in [1.807, 2.05) is 10.9 Å². The smallest absolute Gasteiger partial charge is 0.260 e. The van der Waals surface area contributed by atoms with E-state index in [1.165, 1.54) is 18.0 Å². The molecule has 2 aliphatic carbocycles. The van der Waals surface area contributed by atoms with Crippen LogP contribution in [0.1, 0.15) is 60.2 Å². The van der Waals surface area contributed by atoms with Crippen molar-refractivity contribution in [1.29, 1.82) is 0 Å². The molecule has 104 valence electrons. The number of rotatable bonds is 4. The Hall–Kier alpha value is -1.76. The maximum atomic E-state index is 12.1. The van der Waals surface area contributed by atoms with E-state index in [9.17, 15) is 4.79 Å². The van der Waals surface area contributed by atoms with Gasteiger partial charge in [-0.25, -0.2) is 4.98 Å². The molecule has 2 aliphatic rings. The van der Waals surface area contributed by atoms with Crippen LogP contribution < -0.4 is 5.32 Å². The van der Waals surface area contributed by atoms with Gasteiger partial charge in [-0.2, -0.15) is 9.47 Å². The molecule has 2 saturated carbocycles. The number of aromatic nitrogens is 4. The molecule has 0 unspecified atom stereocenters. The van der Waals surface area contributed by atoms with Crippen LogP contribution >= 0.6 is 11.5 Å². The topological polar surface area (TPSA) is 72.7 Å². The molecule has 2 aromatic heterocycles. The highest BCUT2D eigenvalue weighted by atomic mass is 32.1. The lowest BCUT2D eigenvalue weighted by atomic mass is 9.93. The Bertz CT molecular complexity index is 641. The van der Waals surface area contributed by atoms with Crippen LogP contribution in [0.15, 0.2) is 12.4 Å². The Kier molecular flexibility index (Phi) is 2.80. The predicted octanol–water partition coefficient (Wildman–Crippen LogP) is 2.59. The summed E-state index contributed by atoms with van der Waals surface area (Å²) < 4.78 is 6.17. The monoisotopic (exact) mass is 289 g/mol. The number of nitrogens with one attached hydrogen (secondary N) is 1. The van der Waals surface area contributed by atoms with Crippen molar-refractivity contribution < 1.29 is 4.79 Å². The van der Waals surface area contributed by atoms with Crippen LogP contribution in [0.2, 0.25) is 0 Å². The van der Waals surface area contributed by atoms with Gasteiger partial charge in [-0.05, 0) is 32.1 Å². The van der Waals surface area contributed by atoms with Crippen molar-refractivity contribution in [3.8, 4) is 0 Å². The number of hydrogen-bond acceptors (Lipinski definition) is 5. The maximum absolute atomic E-state index is 12.1. The fourth-order valence-corrected chi connectivity index (χ4v) is 2.91. The van der Waals surface area contributed by atoms with Gasteiger partial charge in [0.15, 0.2) is 0 Å². The summed E-state index contributed by atoms with van der Waals surface area (Å²) in [5.41, 5.74) is 0.583. The van der Waals surface area contributed by atoms with E-state index < -0.39 is 0 Å². The highest BCUT2D eigenvalue weighted by molar-refractivity contribution is 7.09. The first kappa shape index (κ1) is 12.0. The summed E-state index contributed by atoms with van der Waals surface area (Å²) >= 11 is 1.25. The zero-order valence-electron chi connectivity index (χ0n) is 11.0. The third-order valence-corrected chi connectivity index (χ3v) is 4.56. The predicted molar refractivity (Wildman–Crippen MR) is 75.0 cm³/mol.